The monoisotopic (exact) mass is 670 g/mol. The highest BCUT2D eigenvalue weighted by molar-refractivity contribution is 6.03. The molecular formula is C20H6N12O16. The minimum absolute atomic E-state index is 0.279. The number of hydrogen-bond acceptors (Lipinski definition) is 18. The second-order valence-electron chi connectivity index (χ2n) is 9.01. The van der Waals surface area contributed by atoms with Gasteiger partial charge in [-0.1, -0.05) is 0 Å². The first-order valence-corrected chi connectivity index (χ1v) is 11.9. The van der Waals surface area contributed by atoms with Crippen molar-refractivity contribution in [2.24, 2.45) is 0 Å². The van der Waals surface area contributed by atoms with Crippen LogP contribution in [0.3, 0.4) is 0 Å². The Morgan fingerprint density at radius 1 is 0.479 bits per heavy atom. The second kappa shape index (κ2) is 10.8. The summed E-state index contributed by atoms with van der Waals surface area (Å²) in [6.45, 7) is 0. The van der Waals surface area contributed by atoms with Crippen molar-refractivity contribution < 1.29 is 39.5 Å². The van der Waals surface area contributed by atoms with Gasteiger partial charge >= 0.3 is 39.8 Å². The summed E-state index contributed by atoms with van der Waals surface area (Å²) in [4.78, 5) is 96.7. The van der Waals surface area contributed by atoms with Crippen molar-refractivity contribution in [1.82, 2.24) is 19.6 Å². The lowest BCUT2D eigenvalue weighted by Crippen LogP contribution is -2.11. The van der Waals surface area contributed by atoms with Crippen molar-refractivity contribution in [2.75, 3.05) is 0 Å². The Bertz CT molecular complexity index is 2390. The van der Waals surface area contributed by atoms with Crippen LogP contribution in [0, 0.1) is 80.9 Å². The maximum atomic E-state index is 12.5. The van der Waals surface area contributed by atoms with Crippen molar-refractivity contribution in [3.8, 4) is 0 Å². The third-order valence-corrected chi connectivity index (χ3v) is 6.54. The number of nitrogens with one attached hydrogen (secondary N) is 1. The molecule has 0 amide bonds. The largest absolute Gasteiger partial charge is 0.385 e. The predicted molar refractivity (Wildman–Crippen MR) is 151 cm³/mol. The highest BCUT2D eigenvalue weighted by Crippen LogP contribution is 2.48. The Labute approximate surface area is 255 Å². The van der Waals surface area contributed by atoms with Gasteiger partial charge in [-0.3, -0.25) is 70.8 Å². The molecule has 0 saturated carbocycles. The maximum absolute atomic E-state index is 12.5. The molecule has 48 heavy (non-hydrogen) atoms. The van der Waals surface area contributed by atoms with Crippen molar-refractivity contribution in [3.63, 3.8) is 0 Å². The molecule has 0 radical (unpaired) electrons. The van der Waals surface area contributed by atoms with Crippen LogP contribution in [0.2, 0.25) is 0 Å². The third-order valence-electron chi connectivity index (χ3n) is 6.54. The van der Waals surface area contributed by atoms with E-state index >= 15 is 0 Å². The summed E-state index contributed by atoms with van der Waals surface area (Å²) in [5, 5.41) is 96.1. The van der Waals surface area contributed by atoms with Crippen molar-refractivity contribution in [2.45, 2.75) is 0 Å². The van der Waals surface area contributed by atoms with Crippen molar-refractivity contribution in [1.29, 1.82) is 0 Å². The standard InChI is InChI=1S/C20H6N12O16/c33-25(34)11-5-10-14(27(37)38)8-2-1-6(21-8)13(26(35)36)7-3-4-9(22-7)15(28(39)40)17-19(30(43)44)20(31(45)46)18(24(17)32(47)48)16(29(41)42)12(11)23-10/h1-5,23H. The Morgan fingerprint density at radius 2 is 0.854 bits per heavy atom. The molecule has 1 N–H and O–H groups in total. The number of rotatable bonds is 8. The van der Waals surface area contributed by atoms with E-state index in [4.69, 9.17) is 0 Å². The van der Waals surface area contributed by atoms with Gasteiger partial charge in [0.25, 0.3) is 11.0 Å². The van der Waals surface area contributed by atoms with Crippen LogP contribution in [-0.2, 0) is 0 Å². The van der Waals surface area contributed by atoms with Crippen LogP contribution in [0.5, 0.6) is 0 Å². The van der Waals surface area contributed by atoms with Gasteiger partial charge in [-0.15, -0.1) is 0 Å². The minimum Gasteiger partial charge on any atom is -0.338 e. The van der Waals surface area contributed by atoms with Crippen molar-refractivity contribution in [3.05, 3.63) is 110 Å². The highest BCUT2D eigenvalue weighted by atomic mass is 16.7. The normalized spacial score (nSPS) is 11.7. The van der Waals surface area contributed by atoms with E-state index in [1.54, 1.807) is 0 Å². The molecule has 0 fully saturated rings. The molecule has 28 nitrogen and oxygen atoms in total. The average Bonchev–Trinajstić information content (AvgIpc) is 3.75. The molecule has 0 unspecified atom stereocenters. The molecule has 5 heterocycles. The second-order valence-corrected chi connectivity index (χ2v) is 9.01. The smallest absolute Gasteiger partial charge is 0.338 e. The third kappa shape index (κ3) is 4.57. The molecule has 2 aliphatic rings. The van der Waals surface area contributed by atoms with E-state index < -0.39 is 129 Å². The topological polar surface area (TPSA) is 392 Å². The van der Waals surface area contributed by atoms with Crippen LogP contribution in [-0.4, -0.2) is 59.1 Å². The molecule has 8 bridgehead atoms. The lowest BCUT2D eigenvalue weighted by molar-refractivity contribution is -0.535. The highest BCUT2D eigenvalue weighted by Gasteiger charge is 2.49. The summed E-state index contributed by atoms with van der Waals surface area (Å²) in [6, 6.07) is 0.279. The quantitative estimate of drug-likeness (QED) is 0.182. The fraction of sp³-hybridized carbons (Fsp3) is 0. The Morgan fingerprint density at radius 3 is 1.23 bits per heavy atom. The van der Waals surface area contributed by atoms with Crippen LogP contribution < -0.4 is 0 Å². The van der Waals surface area contributed by atoms with Gasteiger partial charge in [0, 0.05) is 6.07 Å². The van der Waals surface area contributed by atoms with Crippen LogP contribution in [0.4, 0.5) is 39.8 Å². The summed E-state index contributed by atoms with van der Waals surface area (Å²) >= 11 is 0. The zero-order valence-corrected chi connectivity index (χ0v) is 22.3. The average molecular weight is 670 g/mol. The number of nitro groups is 8. The van der Waals surface area contributed by atoms with Gasteiger partial charge in [0.2, 0.25) is 0 Å². The number of fused-ring (bicyclic) bond motifs is 8. The Balaban J connectivity index is 2.38. The summed E-state index contributed by atoms with van der Waals surface area (Å²) < 4.78 is -0.822. The first-order chi connectivity index (χ1) is 22.5. The van der Waals surface area contributed by atoms with E-state index in [0.717, 1.165) is 12.2 Å². The SMILES string of the molecule is O=[N+]([O-])c1c2nc(c([N+](=O)[O-])c3cc([N+](=O)[O-])c([nH]3)c([N+](=O)[O-])c3c([N+](=O)[O-])c([N+](=O)[O-])c(c([N+](=O)[O-])c4nc1C=C4)n3[N+](=O)[O-])C=C2. The Hall–Kier alpha value is -8.20. The van der Waals surface area contributed by atoms with E-state index in [0.29, 0.717) is 12.2 Å². The van der Waals surface area contributed by atoms with Crippen LogP contribution >= 0.6 is 0 Å². The first-order valence-electron chi connectivity index (χ1n) is 11.9. The number of H-pyrrole nitrogens is 1. The van der Waals surface area contributed by atoms with Gasteiger partial charge in [-0.2, -0.15) is 0 Å². The first kappa shape index (κ1) is 31.2. The van der Waals surface area contributed by atoms with E-state index in [2.05, 4.69) is 9.97 Å². The number of aromatic nitrogens is 4. The maximum Gasteiger partial charge on any atom is 0.385 e. The molecule has 3 aromatic rings. The minimum atomic E-state index is -2.14. The molecular weight excluding hydrogens is 664 g/mol. The molecule has 242 valence electrons. The zero-order valence-electron chi connectivity index (χ0n) is 22.3. The number of nitrogens with zero attached hydrogens (tertiary/aromatic N) is 11. The van der Waals surface area contributed by atoms with Crippen molar-refractivity contribution >= 4 is 86.2 Å². The molecule has 3 aromatic heterocycles. The zero-order chi connectivity index (χ0) is 35.5. The summed E-state index contributed by atoms with van der Waals surface area (Å²) in [5.74, 6) is 0. The van der Waals surface area contributed by atoms with Gasteiger partial charge in [0.1, 0.15) is 28.3 Å². The van der Waals surface area contributed by atoms with E-state index in [1.165, 1.54) is 0 Å². The summed E-state index contributed by atoms with van der Waals surface area (Å²) in [7, 11) is 0. The fourth-order valence-corrected chi connectivity index (χ4v) is 4.86. The van der Waals surface area contributed by atoms with Crippen LogP contribution in [0.1, 0.15) is 22.8 Å². The molecule has 0 saturated heterocycles. The molecule has 28 heteroatoms. The Kier molecular flexibility index (Phi) is 7.00. The van der Waals surface area contributed by atoms with Crippen LogP contribution in [0.25, 0.3) is 46.4 Å². The predicted octanol–water partition coefficient (Wildman–Crippen LogP) is 3.53. The van der Waals surface area contributed by atoms with Gasteiger partial charge in [-0.25, -0.2) is 20.1 Å². The van der Waals surface area contributed by atoms with E-state index in [1.807, 2.05) is 4.98 Å². The number of aromatic amines is 1. The summed E-state index contributed by atoms with van der Waals surface area (Å²) in [5.41, 5.74) is -21.7. The van der Waals surface area contributed by atoms with Gasteiger partial charge in [0.05, 0.1) is 34.5 Å². The van der Waals surface area contributed by atoms with Crippen LogP contribution in [0.15, 0.2) is 6.07 Å². The number of hydrogen-bond donors (Lipinski definition) is 1. The lowest BCUT2D eigenvalue weighted by Gasteiger charge is -1.97. The molecule has 0 aliphatic carbocycles. The molecule has 0 atom stereocenters. The lowest BCUT2D eigenvalue weighted by atomic mass is 10.2. The molecule has 5 rings (SSSR count). The fourth-order valence-electron chi connectivity index (χ4n) is 4.86. The van der Waals surface area contributed by atoms with Gasteiger partial charge in [0.15, 0.2) is 10.5 Å². The van der Waals surface area contributed by atoms with Gasteiger partial charge in [-0.05, 0) is 29.0 Å². The molecule has 0 spiro atoms. The van der Waals surface area contributed by atoms with E-state index in [-0.39, 0.29) is 6.07 Å². The van der Waals surface area contributed by atoms with E-state index in [9.17, 15) is 80.9 Å². The van der Waals surface area contributed by atoms with Gasteiger partial charge < -0.3 is 4.98 Å². The molecule has 0 aromatic carbocycles. The molecule has 2 aliphatic heterocycles. The summed E-state index contributed by atoms with van der Waals surface area (Å²) in [6.07, 6.45) is 2.94.